The van der Waals surface area contributed by atoms with E-state index >= 15 is 0 Å². The maximum absolute atomic E-state index is 5.64. The van der Waals surface area contributed by atoms with Crippen LogP contribution in [-0.2, 0) is 10.2 Å². The van der Waals surface area contributed by atoms with Crippen LogP contribution in [0, 0.1) is 0 Å². The number of hydrogen-bond acceptors (Lipinski definition) is 6. The van der Waals surface area contributed by atoms with Gasteiger partial charge >= 0.3 is 0 Å². The van der Waals surface area contributed by atoms with Gasteiger partial charge in [-0.15, -0.1) is 17.9 Å². The van der Waals surface area contributed by atoms with Gasteiger partial charge in [0.25, 0.3) is 0 Å². The molecule has 1 fully saturated rings. The fourth-order valence-electron chi connectivity index (χ4n) is 3.27. The molecule has 2 heterocycles. The van der Waals surface area contributed by atoms with Gasteiger partial charge in [-0.2, -0.15) is 0 Å². The Morgan fingerprint density at radius 3 is 2.72 bits per heavy atom. The molecule has 5 nitrogen and oxygen atoms in total. The summed E-state index contributed by atoms with van der Waals surface area (Å²) in [5.74, 6) is 1.49. The lowest BCUT2D eigenvalue weighted by Gasteiger charge is -2.37. The predicted octanol–water partition coefficient (Wildman–Crippen LogP) is 3.85. The zero-order valence-electron chi connectivity index (χ0n) is 14.7. The third kappa shape index (κ3) is 3.50. The summed E-state index contributed by atoms with van der Waals surface area (Å²) in [4.78, 5) is 5.78. The topological polar surface area (TPSA) is 52.6 Å². The number of aromatic nitrogens is 1. The number of rotatable bonds is 7. The standard InChI is InChI=1S/C19H24N2O3S/c1-4-9-20-18-21-13-17(25-18)19(7-10-24-11-8-19)14-5-6-15(22-2)16(12-14)23-3/h4-6,12-13H,1,7-11H2,2-3H3,(H,20,21). The van der Waals surface area contributed by atoms with Gasteiger partial charge in [0.05, 0.1) is 14.2 Å². The van der Waals surface area contributed by atoms with Crippen molar-refractivity contribution in [2.75, 3.05) is 39.3 Å². The van der Waals surface area contributed by atoms with Gasteiger partial charge < -0.3 is 19.5 Å². The van der Waals surface area contributed by atoms with Crippen molar-refractivity contribution in [1.82, 2.24) is 4.98 Å². The third-order valence-corrected chi connectivity index (χ3v) is 5.82. The van der Waals surface area contributed by atoms with Crippen molar-refractivity contribution in [2.24, 2.45) is 0 Å². The van der Waals surface area contributed by atoms with Crippen molar-refractivity contribution in [3.63, 3.8) is 0 Å². The highest BCUT2D eigenvalue weighted by Gasteiger charge is 2.38. The first-order valence-electron chi connectivity index (χ1n) is 8.35. The van der Waals surface area contributed by atoms with Gasteiger partial charge in [-0.1, -0.05) is 12.1 Å². The fraction of sp³-hybridized carbons (Fsp3) is 0.421. The quantitative estimate of drug-likeness (QED) is 0.760. The van der Waals surface area contributed by atoms with Crippen molar-refractivity contribution in [3.05, 3.63) is 47.5 Å². The molecule has 1 aromatic heterocycles. The largest absolute Gasteiger partial charge is 0.493 e. The molecule has 0 amide bonds. The monoisotopic (exact) mass is 360 g/mol. The van der Waals surface area contributed by atoms with E-state index in [0.717, 1.165) is 42.7 Å². The average molecular weight is 360 g/mol. The number of thiazole rings is 1. The molecule has 6 heteroatoms. The van der Waals surface area contributed by atoms with Gasteiger partial charge in [-0.3, -0.25) is 0 Å². The molecule has 0 spiro atoms. The number of nitrogens with one attached hydrogen (secondary N) is 1. The molecule has 1 aliphatic rings. The van der Waals surface area contributed by atoms with Crippen LogP contribution in [0.15, 0.2) is 37.1 Å². The highest BCUT2D eigenvalue weighted by Crippen LogP contribution is 2.46. The normalized spacial score (nSPS) is 16.2. The van der Waals surface area contributed by atoms with Gasteiger partial charge in [-0.25, -0.2) is 4.98 Å². The summed E-state index contributed by atoms with van der Waals surface area (Å²) < 4.78 is 16.5. The Balaban J connectivity index is 2.01. The Morgan fingerprint density at radius 2 is 2.04 bits per heavy atom. The van der Waals surface area contributed by atoms with E-state index in [-0.39, 0.29) is 5.41 Å². The summed E-state index contributed by atoms with van der Waals surface area (Å²) in [5, 5.41) is 4.19. The lowest BCUT2D eigenvalue weighted by Crippen LogP contribution is -2.34. The highest BCUT2D eigenvalue weighted by molar-refractivity contribution is 7.15. The molecule has 0 unspecified atom stereocenters. The molecule has 2 aromatic rings. The van der Waals surface area contributed by atoms with E-state index in [0.29, 0.717) is 6.54 Å². The number of methoxy groups -OCH3 is 2. The molecule has 1 saturated heterocycles. The molecule has 0 bridgehead atoms. The smallest absolute Gasteiger partial charge is 0.183 e. The van der Waals surface area contributed by atoms with Crippen LogP contribution in [0.3, 0.4) is 0 Å². The van der Waals surface area contributed by atoms with Gasteiger partial charge in [0.15, 0.2) is 16.6 Å². The van der Waals surface area contributed by atoms with Gasteiger partial charge in [-0.05, 0) is 30.5 Å². The van der Waals surface area contributed by atoms with E-state index < -0.39 is 0 Å². The Hall–Kier alpha value is -2.05. The minimum absolute atomic E-state index is 0.108. The van der Waals surface area contributed by atoms with Crippen LogP contribution in [0.1, 0.15) is 23.3 Å². The second-order valence-corrected chi connectivity index (χ2v) is 6.99. The summed E-state index contributed by atoms with van der Waals surface area (Å²) >= 11 is 1.70. The number of hydrogen-bond donors (Lipinski definition) is 1. The van der Waals surface area contributed by atoms with E-state index in [9.17, 15) is 0 Å². The molecule has 1 aliphatic heterocycles. The van der Waals surface area contributed by atoms with Crippen LogP contribution in [0.2, 0.25) is 0 Å². The van der Waals surface area contributed by atoms with E-state index in [4.69, 9.17) is 14.2 Å². The summed E-state index contributed by atoms with van der Waals surface area (Å²) in [6.07, 6.45) is 5.66. The molecule has 25 heavy (non-hydrogen) atoms. The van der Waals surface area contributed by atoms with Crippen LogP contribution < -0.4 is 14.8 Å². The molecule has 0 atom stereocenters. The van der Waals surface area contributed by atoms with E-state index in [1.165, 1.54) is 10.4 Å². The first-order chi connectivity index (χ1) is 12.2. The van der Waals surface area contributed by atoms with Crippen LogP contribution in [0.5, 0.6) is 11.5 Å². The first kappa shape index (κ1) is 17.8. The van der Waals surface area contributed by atoms with Crippen molar-refractivity contribution >= 4 is 16.5 Å². The number of nitrogens with zero attached hydrogens (tertiary/aromatic N) is 1. The van der Waals surface area contributed by atoms with Crippen molar-refractivity contribution < 1.29 is 14.2 Å². The third-order valence-electron chi connectivity index (χ3n) is 4.66. The van der Waals surface area contributed by atoms with E-state index in [1.54, 1.807) is 25.6 Å². The number of anilines is 1. The van der Waals surface area contributed by atoms with Crippen molar-refractivity contribution in [3.8, 4) is 11.5 Å². The lowest BCUT2D eigenvalue weighted by atomic mass is 9.73. The lowest BCUT2D eigenvalue weighted by molar-refractivity contribution is 0.0640. The van der Waals surface area contributed by atoms with Crippen LogP contribution in [-0.4, -0.2) is 39.0 Å². The molecular weight excluding hydrogens is 336 g/mol. The zero-order chi connectivity index (χ0) is 17.7. The Kier molecular flexibility index (Phi) is 5.60. The minimum Gasteiger partial charge on any atom is -0.493 e. The van der Waals surface area contributed by atoms with E-state index in [1.807, 2.05) is 18.3 Å². The predicted molar refractivity (Wildman–Crippen MR) is 101 cm³/mol. The maximum Gasteiger partial charge on any atom is 0.183 e. The SMILES string of the molecule is C=CCNc1ncc(C2(c3ccc(OC)c(OC)c3)CCOCC2)s1. The van der Waals surface area contributed by atoms with Crippen LogP contribution >= 0.6 is 11.3 Å². The Bertz CT molecular complexity index is 723. The summed E-state index contributed by atoms with van der Waals surface area (Å²) in [6.45, 7) is 5.92. The van der Waals surface area contributed by atoms with Gasteiger partial charge in [0.1, 0.15) is 0 Å². The molecule has 0 radical (unpaired) electrons. The first-order valence-corrected chi connectivity index (χ1v) is 9.16. The average Bonchev–Trinajstić information content (AvgIpc) is 3.15. The summed E-state index contributed by atoms with van der Waals surface area (Å²) in [6, 6.07) is 6.19. The van der Waals surface area contributed by atoms with Crippen molar-refractivity contribution in [2.45, 2.75) is 18.3 Å². The van der Waals surface area contributed by atoms with Crippen molar-refractivity contribution in [1.29, 1.82) is 0 Å². The molecule has 3 rings (SSSR count). The number of ether oxygens (including phenoxy) is 3. The Morgan fingerprint density at radius 1 is 1.28 bits per heavy atom. The zero-order valence-corrected chi connectivity index (χ0v) is 15.5. The molecule has 1 N–H and O–H groups in total. The number of benzene rings is 1. The highest BCUT2D eigenvalue weighted by atomic mass is 32.1. The minimum atomic E-state index is -0.108. The van der Waals surface area contributed by atoms with Gasteiger partial charge in [0.2, 0.25) is 0 Å². The summed E-state index contributed by atoms with van der Waals surface area (Å²) in [7, 11) is 3.32. The molecule has 134 valence electrons. The second-order valence-electron chi connectivity index (χ2n) is 5.96. The van der Waals surface area contributed by atoms with Crippen LogP contribution in [0.25, 0.3) is 0 Å². The second kappa shape index (κ2) is 7.89. The maximum atomic E-state index is 5.64. The van der Waals surface area contributed by atoms with E-state index in [2.05, 4.69) is 29.0 Å². The molecule has 0 saturated carbocycles. The van der Waals surface area contributed by atoms with Gasteiger partial charge in [0, 0.05) is 36.2 Å². The summed E-state index contributed by atoms with van der Waals surface area (Å²) in [5.41, 5.74) is 1.11. The van der Waals surface area contributed by atoms with Crippen LogP contribution in [0.4, 0.5) is 5.13 Å². The fourth-order valence-corrected chi connectivity index (χ4v) is 4.36. The molecular formula is C19H24N2O3S. The molecule has 1 aromatic carbocycles. The molecule has 0 aliphatic carbocycles. The Labute approximate surface area is 152 Å².